The van der Waals surface area contributed by atoms with Crippen molar-refractivity contribution in [2.24, 2.45) is 0 Å². The molecule has 1 aliphatic heterocycles. The molecule has 1 saturated heterocycles. The van der Waals surface area contributed by atoms with Crippen molar-refractivity contribution in [2.75, 3.05) is 26.8 Å². The van der Waals surface area contributed by atoms with E-state index >= 15 is 0 Å². The van der Waals surface area contributed by atoms with Crippen molar-refractivity contribution < 1.29 is 9.47 Å². The fraction of sp³-hybridized carbons (Fsp3) is 0.357. The summed E-state index contributed by atoms with van der Waals surface area (Å²) < 4.78 is 11.9. The van der Waals surface area contributed by atoms with Gasteiger partial charge in [0.05, 0.1) is 13.7 Å². The summed E-state index contributed by atoms with van der Waals surface area (Å²) in [6.45, 7) is 2.99. The van der Waals surface area contributed by atoms with Crippen LogP contribution in [0, 0.1) is 0 Å². The summed E-state index contributed by atoms with van der Waals surface area (Å²) in [7, 11) is 1.72. The zero-order valence-electron chi connectivity index (χ0n) is 18.8. The van der Waals surface area contributed by atoms with Crippen LogP contribution < -0.4 is 4.74 Å². The fourth-order valence-electron chi connectivity index (χ4n) is 4.55. The highest BCUT2D eigenvalue weighted by Crippen LogP contribution is 2.29. The van der Waals surface area contributed by atoms with Gasteiger partial charge in [0, 0.05) is 11.1 Å². The lowest BCUT2D eigenvalue weighted by atomic mass is 10.0. The first-order chi connectivity index (χ1) is 15.7. The molecule has 1 aliphatic rings. The molecule has 1 unspecified atom stereocenters. The predicted molar refractivity (Wildman–Crippen MR) is 132 cm³/mol. The van der Waals surface area contributed by atoms with Crippen molar-refractivity contribution in [1.82, 2.24) is 4.90 Å². The van der Waals surface area contributed by atoms with Crippen molar-refractivity contribution in [3.05, 3.63) is 101 Å². The van der Waals surface area contributed by atoms with Gasteiger partial charge in [0.1, 0.15) is 11.9 Å². The Morgan fingerprint density at radius 2 is 1.75 bits per heavy atom. The van der Waals surface area contributed by atoms with Crippen LogP contribution in [0.3, 0.4) is 0 Å². The highest BCUT2D eigenvalue weighted by Gasteiger charge is 2.26. The van der Waals surface area contributed by atoms with Gasteiger partial charge in [-0.05, 0) is 79.7 Å². The molecule has 4 heteroatoms. The van der Waals surface area contributed by atoms with E-state index in [1.165, 1.54) is 24.0 Å². The Morgan fingerprint density at radius 3 is 2.53 bits per heavy atom. The first-order valence-corrected chi connectivity index (χ1v) is 11.9. The molecule has 3 aromatic rings. The summed E-state index contributed by atoms with van der Waals surface area (Å²) in [5.41, 5.74) is 3.66. The highest BCUT2D eigenvalue weighted by molar-refractivity contribution is 6.30. The van der Waals surface area contributed by atoms with Crippen LogP contribution in [0.5, 0.6) is 5.75 Å². The predicted octanol–water partition coefficient (Wildman–Crippen LogP) is 6.55. The second-order valence-electron chi connectivity index (χ2n) is 8.46. The molecular weight excluding hydrogens is 418 g/mol. The van der Waals surface area contributed by atoms with Crippen LogP contribution in [0.15, 0.2) is 78.9 Å². The van der Waals surface area contributed by atoms with Crippen LogP contribution in [0.2, 0.25) is 5.02 Å². The number of benzene rings is 3. The molecule has 0 aromatic heterocycles. The number of methoxy groups -OCH3 is 1. The minimum absolute atomic E-state index is 0.0762. The van der Waals surface area contributed by atoms with E-state index in [9.17, 15) is 0 Å². The minimum atomic E-state index is -0.0762. The topological polar surface area (TPSA) is 21.7 Å². The smallest absolute Gasteiger partial charge is 0.119 e. The van der Waals surface area contributed by atoms with Gasteiger partial charge in [-0.1, -0.05) is 66.2 Å². The van der Waals surface area contributed by atoms with Crippen molar-refractivity contribution in [2.45, 2.75) is 37.8 Å². The maximum Gasteiger partial charge on any atom is 0.119 e. The number of likely N-dealkylation sites (tertiary alicyclic amines) is 1. The standard InChI is InChI=1S/C28H32ClNO2/c1-31-27-13-5-8-22(20-27)9-6-18-30-19-7-12-26(30)21-32-28(23-10-3-2-4-11-23)24-14-16-25(29)17-15-24/h2-5,8,10-11,13-17,20,26,28H,6-7,9,12,18-19,21H2,1H3/t26-,28?/m0/s1. The summed E-state index contributed by atoms with van der Waals surface area (Å²) >= 11 is 6.12. The molecule has 3 nitrogen and oxygen atoms in total. The van der Waals surface area contributed by atoms with Gasteiger partial charge in [0.25, 0.3) is 0 Å². The summed E-state index contributed by atoms with van der Waals surface area (Å²) in [5.74, 6) is 0.934. The molecule has 168 valence electrons. The molecule has 0 spiro atoms. The van der Waals surface area contributed by atoms with Crippen LogP contribution in [0.25, 0.3) is 0 Å². The average Bonchev–Trinajstić information content (AvgIpc) is 3.28. The molecule has 2 atom stereocenters. The Bertz CT molecular complexity index is 961. The monoisotopic (exact) mass is 449 g/mol. The third-order valence-electron chi connectivity index (χ3n) is 6.27. The Hall–Kier alpha value is -2.33. The Kier molecular flexibility index (Phi) is 8.22. The number of rotatable bonds is 10. The van der Waals surface area contributed by atoms with E-state index in [0.29, 0.717) is 6.04 Å². The SMILES string of the molecule is COc1cccc(CCCN2CCC[C@H]2COC(c2ccccc2)c2ccc(Cl)cc2)c1. The fourth-order valence-corrected chi connectivity index (χ4v) is 4.68. The molecule has 0 aliphatic carbocycles. The van der Waals surface area contributed by atoms with Crippen molar-refractivity contribution in [3.63, 3.8) is 0 Å². The van der Waals surface area contributed by atoms with Gasteiger partial charge in [0.2, 0.25) is 0 Å². The number of ether oxygens (including phenoxy) is 2. The normalized spacial score (nSPS) is 17.4. The Labute approximate surface area is 196 Å². The molecule has 4 rings (SSSR count). The van der Waals surface area contributed by atoms with Gasteiger partial charge in [-0.2, -0.15) is 0 Å². The zero-order valence-corrected chi connectivity index (χ0v) is 19.5. The Balaban J connectivity index is 1.35. The quantitative estimate of drug-likeness (QED) is 0.350. The largest absolute Gasteiger partial charge is 0.497 e. The number of hydrogen-bond donors (Lipinski definition) is 0. The van der Waals surface area contributed by atoms with Crippen molar-refractivity contribution in [3.8, 4) is 5.75 Å². The number of hydrogen-bond acceptors (Lipinski definition) is 3. The first kappa shape index (κ1) is 22.8. The van der Waals surface area contributed by atoms with Crippen LogP contribution in [-0.4, -0.2) is 37.7 Å². The molecule has 0 amide bonds. The maximum absolute atomic E-state index is 6.56. The van der Waals surface area contributed by atoms with E-state index in [1.807, 2.05) is 24.3 Å². The molecule has 0 saturated carbocycles. The van der Waals surface area contributed by atoms with Gasteiger partial charge in [-0.3, -0.25) is 4.90 Å². The number of halogens is 1. The summed E-state index contributed by atoms with van der Waals surface area (Å²) in [5, 5.41) is 0.749. The van der Waals surface area contributed by atoms with E-state index in [4.69, 9.17) is 21.1 Å². The molecule has 0 bridgehead atoms. The molecular formula is C28H32ClNO2. The lowest BCUT2D eigenvalue weighted by molar-refractivity contribution is 0.0376. The Morgan fingerprint density at radius 1 is 0.969 bits per heavy atom. The third kappa shape index (κ3) is 6.13. The lowest BCUT2D eigenvalue weighted by Gasteiger charge is -2.27. The average molecular weight is 450 g/mol. The molecule has 0 N–H and O–H groups in total. The number of nitrogens with zero attached hydrogens (tertiary/aromatic N) is 1. The minimum Gasteiger partial charge on any atom is -0.497 e. The van der Waals surface area contributed by atoms with E-state index in [2.05, 4.69) is 59.5 Å². The van der Waals surface area contributed by atoms with Crippen LogP contribution in [0.1, 0.15) is 42.1 Å². The van der Waals surface area contributed by atoms with Gasteiger partial charge in [-0.15, -0.1) is 0 Å². The van der Waals surface area contributed by atoms with Gasteiger partial charge >= 0.3 is 0 Å². The van der Waals surface area contributed by atoms with Gasteiger partial charge in [0.15, 0.2) is 0 Å². The lowest BCUT2D eigenvalue weighted by Crippen LogP contribution is -2.34. The van der Waals surface area contributed by atoms with Crippen molar-refractivity contribution in [1.29, 1.82) is 0 Å². The summed E-state index contributed by atoms with van der Waals surface area (Å²) in [6, 6.07) is 27.4. The van der Waals surface area contributed by atoms with Gasteiger partial charge < -0.3 is 9.47 Å². The second-order valence-corrected chi connectivity index (χ2v) is 8.90. The van der Waals surface area contributed by atoms with Crippen LogP contribution >= 0.6 is 11.6 Å². The molecule has 1 heterocycles. The molecule has 3 aromatic carbocycles. The van der Waals surface area contributed by atoms with E-state index in [-0.39, 0.29) is 6.10 Å². The van der Waals surface area contributed by atoms with Crippen LogP contribution in [0.4, 0.5) is 0 Å². The summed E-state index contributed by atoms with van der Waals surface area (Å²) in [6.07, 6.45) is 4.57. The molecule has 32 heavy (non-hydrogen) atoms. The van der Waals surface area contributed by atoms with Gasteiger partial charge in [-0.25, -0.2) is 0 Å². The molecule has 1 fully saturated rings. The second kappa shape index (κ2) is 11.5. The maximum atomic E-state index is 6.56. The van der Waals surface area contributed by atoms with Crippen molar-refractivity contribution >= 4 is 11.6 Å². The number of aryl methyl sites for hydroxylation is 1. The zero-order chi connectivity index (χ0) is 22.2. The van der Waals surface area contributed by atoms with E-state index in [0.717, 1.165) is 48.9 Å². The van der Waals surface area contributed by atoms with E-state index in [1.54, 1.807) is 7.11 Å². The highest BCUT2D eigenvalue weighted by atomic mass is 35.5. The third-order valence-corrected chi connectivity index (χ3v) is 6.53. The molecule has 0 radical (unpaired) electrons. The van der Waals surface area contributed by atoms with Crippen LogP contribution in [-0.2, 0) is 11.2 Å². The summed E-state index contributed by atoms with van der Waals surface area (Å²) in [4.78, 5) is 2.60. The first-order valence-electron chi connectivity index (χ1n) is 11.5. The van der Waals surface area contributed by atoms with E-state index < -0.39 is 0 Å².